The van der Waals surface area contributed by atoms with Crippen molar-refractivity contribution in [3.05, 3.63) is 16.0 Å². The van der Waals surface area contributed by atoms with E-state index in [0.717, 1.165) is 33.4 Å². The third-order valence-corrected chi connectivity index (χ3v) is 5.31. The van der Waals surface area contributed by atoms with Gasteiger partial charge in [0.15, 0.2) is 0 Å². The van der Waals surface area contributed by atoms with Crippen LogP contribution in [0.3, 0.4) is 0 Å². The van der Waals surface area contributed by atoms with Gasteiger partial charge in [0.05, 0.1) is 15.9 Å². The molecule has 0 bridgehead atoms. The number of thioether (sulfide) groups is 1. The Morgan fingerprint density at radius 3 is 2.71 bits per heavy atom. The standard InChI is InChI=1S/C12H18BrN3S/c1-2-9-11(13)12(14)16-10(15-9)7-17-8-5-3-4-6-8/h8H,2-7H2,1H3,(H2,14,15,16). The summed E-state index contributed by atoms with van der Waals surface area (Å²) in [7, 11) is 0. The Labute approximate surface area is 115 Å². The van der Waals surface area contributed by atoms with Gasteiger partial charge in [0.25, 0.3) is 0 Å². The third kappa shape index (κ3) is 3.35. The first-order chi connectivity index (χ1) is 8.20. The van der Waals surface area contributed by atoms with Gasteiger partial charge in [-0.1, -0.05) is 19.8 Å². The van der Waals surface area contributed by atoms with Crippen LogP contribution in [0.5, 0.6) is 0 Å². The zero-order valence-electron chi connectivity index (χ0n) is 10.1. The third-order valence-electron chi connectivity index (χ3n) is 3.08. The van der Waals surface area contributed by atoms with Crippen molar-refractivity contribution in [2.75, 3.05) is 5.73 Å². The molecular formula is C12H18BrN3S. The van der Waals surface area contributed by atoms with Crippen LogP contribution in [-0.4, -0.2) is 15.2 Å². The molecule has 0 unspecified atom stereocenters. The fraction of sp³-hybridized carbons (Fsp3) is 0.667. The molecule has 94 valence electrons. The first-order valence-corrected chi connectivity index (χ1v) is 7.97. The van der Waals surface area contributed by atoms with Crippen LogP contribution in [0.1, 0.15) is 44.1 Å². The van der Waals surface area contributed by atoms with Crippen LogP contribution < -0.4 is 5.73 Å². The predicted molar refractivity (Wildman–Crippen MR) is 77.1 cm³/mol. The largest absolute Gasteiger partial charge is 0.383 e. The first kappa shape index (κ1) is 13.1. The van der Waals surface area contributed by atoms with Crippen molar-refractivity contribution in [3.63, 3.8) is 0 Å². The van der Waals surface area contributed by atoms with Crippen LogP contribution in [0, 0.1) is 0 Å². The highest BCUT2D eigenvalue weighted by Gasteiger charge is 2.16. The number of halogens is 1. The lowest BCUT2D eigenvalue weighted by Gasteiger charge is -2.10. The van der Waals surface area contributed by atoms with E-state index in [1.54, 1.807) is 0 Å². The Morgan fingerprint density at radius 2 is 2.06 bits per heavy atom. The molecule has 3 nitrogen and oxygen atoms in total. The van der Waals surface area contributed by atoms with Crippen LogP contribution in [0.2, 0.25) is 0 Å². The van der Waals surface area contributed by atoms with E-state index in [-0.39, 0.29) is 0 Å². The number of nitrogen functional groups attached to an aromatic ring is 1. The highest BCUT2D eigenvalue weighted by molar-refractivity contribution is 9.10. The molecule has 0 spiro atoms. The fourth-order valence-corrected chi connectivity index (χ4v) is 3.75. The van der Waals surface area contributed by atoms with Crippen LogP contribution in [0.25, 0.3) is 0 Å². The van der Waals surface area contributed by atoms with E-state index >= 15 is 0 Å². The molecule has 2 N–H and O–H groups in total. The summed E-state index contributed by atoms with van der Waals surface area (Å²) in [4.78, 5) is 8.89. The Morgan fingerprint density at radius 1 is 1.35 bits per heavy atom. The summed E-state index contributed by atoms with van der Waals surface area (Å²) in [6, 6.07) is 0. The molecule has 0 aromatic carbocycles. The number of hydrogen-bond acceptors (Lipinski definition) is 4. The summed E-state index contributed by atoms with van der Waals surface area (Å²) in [5.41, 5.74) is 6.89. The monoisotopic (exact) mass is 315 g/mol. The van der Waals surface area contributed by atoms with Crippen molar-refractivity contribution in [1.82, 2.24) is 9.97 Å². The second-order valence-corrected chi connectivity index (χ2v) is 6.44. The van der Waals surface area contributed by atoms with E-state index in [9.17, 15) is 0 Å². The molecular weight excluding hydrogens is 298 g/mol. The zero-order chi connectivity index (χ0) is 12.3. The molecule has 1 saturated carbocycles. The smallest absolute Gasteiger partial charge is 0.141 e. The Bertz CT molecular complexity index is 392. The minimum atomic E-state index is 0.568. The normalized spacial score (nSPS) is 16.6. The summed E-state index contributed by atoms with van der Waals surface area (Å²) >= 11 is 5.41. The highest BCUT2D eigenvalue weighted by atomic mass is 79.9. The van der Waals surface area contributed by atoms with E-state index in [2.05, 4.69) is 32.8 Å². The number of anilines is 1. The van der Waals surface area contributed by atoms with Gasteiger partial charge in [0.1, 0.15) is 11.6 Å². The molecule has 17 heavy (non-hydrogen) atoms. The van der Waals surface area contributed by atoms with Crippen LogP contribution in [0.4, 0.5) is 5.82 Å². The minimum Gasteiger partial charge on any atom is -0.383 e. The summed E-state index contributed by atoms with van der Waals surface area (Å²) in [6.07, 6.45) is 6.32. The number of hydrogen-bond donors (Lipinski definition) is 1. The minimum absolute atomic E-state index is 0.568. The van der Waals surface area contributed by atoms with Gasteiger partial charge in [-0.05, 0) is 35.2 Å². The van der Waals surface area contributed by atoms with Crippen molar-refractivity contribution in [2.24, 2.45) is 0 Å². The van der Waals surface area contributed by atoms with Crippen molar-refractivity contribution in [3.8, 4) is 0 Å². The summed E-state index contributed by atoms with van der Waals surface area (Å²) in [5, 5.41) is 0.800. The maximum atomic E-state index is 5.87. The molecule has 1 aliphatic rings. The van der Waals surface area contributed by atoms with Gasteiger partial charge in [0, 0.05) is 5.25 Å². The van der Waals surface area contributed by atoms with E-state index in [0.29, 0.717) is 5.82 Å². The van der Waals surface area contributed by atoms with Gasteiger partial charge >= 0.3 is 0 Å². The second-order valence-electron chi connectivity index (χ2n) is 4.36. The molecule has 2 rings (SSSR count). The summed E-state index contributed by atoms with van der Waals surface area (Å²) in [5.74, 6) is 2.33. The van der Waals surface area contributed by atoms with Crippen LogP contribution in [-0.2, 0) is 12.2 Å². The quantitative estimate of drug-likeness (QED) is 0.923. The van der Waals surface area contributed by atoms with E-state index in [1.807, 2.05) is 11.8 Å². The Kier molecular flexibility index (Phi) is 4.68. The SMILES string of the molecule is CCc1nc(CSC2CCCC2)nc(N)c1Br. The van der Waals surface area contributed by atoms with Crippen molar-refractivity contribution >= 4 is 33.5 Å². The topological polar surface area (TPSA) is 51.8 Å². The lowest BCUT2D eigenvalue weighted by Crippen LogP contribution is -2.05. The van der Waals surface area contributed by atoms with Crippen molar-refractivity contribution in [2.45, 2.75) is 50.0 Å². The zero-order valence-corrected chi connectivity index (χ0v) is 12.5. The van der Waals surface area contributed by atoms with Crippen LogP contribution in [0.15, 0.2) is 4.47 Å². The maximum absolute atomic E-state index is 5.87. The number of rotatable bonds is 4. The number of aromatic nitrogens is 2. The maximum Gasteiger partial charge on any atom is 0.141 e. The van der Waals surface area contributed by atoms with Crippen molar-refractivity contribution in [1.29, 1.82) is 0 Å². The average Bonchev–Trinajstić information content (AvgIpc) is 2.83. The number of nitrogens with two attached hydrogens (primary N) is 1. The van der Waals surface area contributed by atoms with Gasteiger partial charge in [0.2, 0.25) is 0 Å². The van der Waals surface area contributed by atoms with Gasteiger partial charge in [-0.3, -0.25) is 0 Å². The summed E-state index contributed by atoms with van der Waals surface area (Å²) < 4.78 is 0.856. The molecule has 1 fully saturated rings. The molecule has 0 saturated heterocycles. The molecule has 0 aliphatic heterocycles. The number of aryl methyl sites for hydroxylation is 1. The molecule has 0 amide bonds. The van der Waals surface area contributed by atoms with Crippen molar-refractivity contribution < 1.29 is 0 Å². The highest BCUT2D eigenvalue weighted by Crippen LogP contribution is 2.31. The van der Waals surface area contributed by atoms with E-state index < -0.39 is 0 Å². The Balaban J connectivity index is 2.02. The molecule has 1 aromatic rings. The van der Waals surface area contributed by atoms with E-state index in [4.69, 9.17) is 5.73 Å². The molecule has 0 atom stereocenters. The molecule has 0 radical (unpaired) electrons. The number of nitrogens with zero attached hydrogens (tertiary/aromatic N) is 2. The summed E-state index contributed by atoms with van der Waals surface area (Å²) in [6.45, 7) is 2.08. The van der Waals surface area contributed by atoms with E-state index in [1.165, 1.54) is 25.7 Å². The van der Waals surface area contributed by atoms with Crippen LogP contribution >= 0.6 is 27.7 Å². The Hall–Kier alpha value is -0.290. The first-order valence-electron chi connectivity index (χ1n) is 6.13. The predicted octanol–water partition coefficient (Wildman–Crippen LogP) is 3.56. The molecule has 5 heteroatoms. The lowest BCUT2D eigenvalue weighted by molar-refractivity contribution is 0.886. The second kappa shape index (κ2) is 6.05. The molecule has 1 heterocycles. The van der Waals surface area contributed by atoms with Gasteiger partial charge in [-0.25, -0.2) is 9.97 Å². The molecule has 1 aromatic heterocycles. The van der Waals surface area contributed by atoms with Gasteiger partial charge < -0.3 is 5.73 Å². The fourth-order valence-electron chi connectivity index (χ4n) is 2.11. The average molecular weight is 316 g/mol. The molecule has 1 aliphatic carbocycles. The lowest BCUT2D eigenvalue weighted by atomic mass is 10.3. The van der Waals surface area contributed by atoms with Gasteiger partial charge in [-0.2, -0.15) is 11.8 Å². The van der Waals surface area contributed by atoms with Gasteiger partial charge in [-0.15, -0.1) is 0 Å².